The van der Waals surface area contributed by atoms with Crippen molar-refractivity contribution in [2.75, 3.05) is 6.54 Å². The molecule has 0 bridgehead atoms. The first-order valence-electron chi connectivity index (χ1n) is 7.43. The fraction of sp³-hybridized carbons (Fsp3) is 0.667. The SMILES string of the molecule is O=C1C[C@@H](N[C@H]2CCCc3sccc32)CN1C1CC1. The van der Waals surface area contributed by atoms with Gasteiger partial charge < -0.3 is 10.2 Å². The van der Waals surface area contributed by atoms with Crippen molar-refractivity contribution in [3.05, 3.63) is 21.9 Å². The number of hydrogen-bond donors (Lipinski definition) is 1. The van der Waals surface area contributed by atoms with Gasteiger partial charge in [0.2, 0.25) is 5.91 Å². The summed E-state index contributed by atoms with van der Waals surface area (Å²) in [4.78, 5) is 15.6. The minimum Gasteiger partial charge on any atom is -0.338 e. The summed E-state index contributed by atoms with van der Waals surface area (Å²) in [7, 11) is 0. The second-order valence-corrected chi connectivity index (χ2v) is 7.09. The highest BCUT2D eigenvalue weighted by Gasteiger charge is 2.40. The van der Waals surface area contributed by atoms with E-state index in [0.717, 1.165) is 6.54 Å². The van der Waals surface area contributed by atoms with E-state index < -0.39 is 0 Å². The van der Waals surface area contributed by atoms with Crippen molar-refractivity contribution in [3.63, 3.8) is 0 Å². The molecule has 1 aliphatic heterocycles. The largest absolute Gasteiger partial charge is 0.338 e. The van der Waals surface area contributed by atoms with Crippen LogP contribution in [-0.2, 0) is 11.2 Å². The Morgan fingerprint density at radius 3 is 3.05 bits per heavy atom. The maximum atomic E-state index is 12.0. The number of carbonyl (C=O) groups is 1. The van der Waals surface area contributed by atoms with Crippen LogP contribution in [0.15, 0.2) is 11.4 Å². The lowest BCUT2D eigenvalue weighted by Crippen LogP contribution is -2.37. The third-order valence-corrected chi connectivity index (χ3v) is 5.63. The fourth-order valence-electron chi connectivity index (χ4n) is 3.53. The van der Waals surface area contributed by atoms with Gasteiger partial charge in [0.05, 0.1) is 0 Å². The molecule has 1 aromatic heterocycles. The number of hydrogen-bond acceptors (Lipinski definition) is 3. The molecule has 1 saturated heterocycles. The number of rotatable bonds is 3. The average Bonchev–Trinajstić information content (AvgIpc) is 3.00. The molecule has 0 radical (unpaired) electrons. The zero-order valence-electron chi connectivity index (χ0n) is 11.1. The molecule has 4 heteroatoms. The Bertz CT molecular complexity index is 494. The van der Waals surface area contributed by atoms with E-state index in [1.807, 2.05) is 11.3 Å². The summed E-state index contributed by atoms with van der Waals surface area (Å²) in [6.07, 6.45) is 6.87. The van der Waals surface area contributed by atoms with Crippen molar-refractivity contribution in [1.82, 2.24) is 10.2 Å². The van der Waals surface area contributed by atoms with Crippen molar-refractivity contribution in [2.45, 2.75) is 56.7 Å². The predicted octanol–water partition coefficient (Wildman–Crippen LogP) is 2.48. The zero-order chi connectivity index (χ0) is 12.8. The molecule has 2 atom stereocenters. The second kappa shape index (κ2) is 4.60. The Balaban J connectivity index is 1.44. The molecule has 0 unspecified atom stereocenters. The highest BCUT2D eigenvalue weighted by Crippen LogP contribution is 2.35. The summed E-state index contributed by atoms with van der Waals surface area (Å²) >= 11 is 1.89. The van der Waals surface area contributed by atoms with Gasteiger partial charge in [-0.15, -0.1) is 11.3 Å². The van der Waals surface area contributed by atoms with Gasteiger partial charge in [-0.25, -0.2) is 0 Å². The van der Waals surface area contributed by atoms with Crippen LogP contribution in [0, 0.1) is 0 Å². The quantitative estimate of drug-likeness (QED) is 0.920. The monoisotopic (exact) mass is 276 g/mol. The third-order valence-electron chi connectivity index (χ3n) is 4.63. The molecule has 0 aromatic carbocycles. The van der Waals surface area contributed by atoms with Crippen LogP contribution in [0.3, 0.4) is 0 Å². The maximum absolute atomic E-state index is 12.0. The molecule has 0 spiro atoms. The summed E-state index contributed by atoms with van der Waals surface area (Å²) in [5.74, 6) is 0.362. The van der Waals surface area contributed by atoms with Gasteiger partial charge in [0.1, 0.15) is 0 Å². The van der Waals surface area contributed by atoms with Crippen LogP contribution >= 0.6 is 11.3 Å². The minimum atomic E-state index is 0.362. The Morgan fingerprint density at radius 2 is 2.21 bits per heavy atom. The molecule has 1 N–H and O–H groups in total. The first kappa shape index (κ1) is 11.9. The molecule has 19 heavy (non-hydrogen) atoms. The number of nitrogens with one attached hydrogen (secondary N) is 1. The second-order valence-electron chi connectivity index (χ2n) is 6.09. The first-order valence-corrected chi connectivity index (χ1v) is 8.31. The molecule has 1 saturated carbocycles. The van der Waals surface area contributed by atoms with Gasteiger partial charge >= 0.3 is 0 Å². The third kappa shape index (κ3) is 2.21. The van der Waals surface area contributed by atoms with Crippen molar-refractivity contribution in [1.29, 1.82) is 0 Å². The van der Waals surface area contributed by atoms with Gasteiger partial charge in [-0.1, -0.05) is 0 Å². The van der Waals surface area contributed by atoms with Crippen LogP contribution in [0.5, 0.6) is 0 Å². The molecule has 102 valence electrons. The van der Waals surface area contributed by atoms with Gasteiger partial charge in [0.25, 0.3) is 0 Å². The van der Waals surface area contributed by atoms with E-state index in [4.69, 9.17) is 0 Å². The number of thiophene rings is 1. The number of fused-ring (bicyclic) bond motifs is 1. The number of carbonyl (C=O) groups excluding carboxylic acids is 1. The van der Waals surface area contributed by atoms with E-state index in [9.17, 15) is 4.79 Å². The predicted molar refractivity (Wildman–Crippen MR) is 76.3 cm³/mol. The van der Waals surface area contributed by atoms with Gasteiger partial charge in [-0.3, -0.25) is 4.79 Å². The van der Waals surface area contributed by atoms with Crippen LogP contribution in [0.4, 0.5) is 0 Å². The van der Waals surface area contributed by atoms with E-state index in [-0.39, 0.29) is 0 Å². The normalized spacial score (nSPS) is 30.7. The topological polar surface area (TPSA) is 32.3 Å². The molecule has 1 aromatic rings. The van der Waals surface area contributed by atoms with Crippen LogP contribution < -0.4 is 5.32 Å². The Kier molecular flexibility index (Phi) is 2.88. The van der Waals surface area contributed by atoms with Gasteiger partial charge in [0, 0.05) is 36.0 Å². The Labute approximate surface area is 118 Å². The number of aryl methyl sites for hydroxylation is 1. The van der Waals surface area contributed by atoms with Crippen LogP contribution in [-0.4, -0.2) is 29.4 Å². The van der Waals surface area contributed by atoms with Crippen molar-refractivity contribution in [2.24, 2.45) is 0 Å². The molecular formula is C15H20N2OS. The van der Waals surface area contributed by atoms with Crippen LogP contribution in [0.2, 0.25) is 0 Å². The smallest absolute Gasteiger partial charge is 0.224 e. The Hall–Kier alpha value is -0.870. The van der Waals surface area contributed by atoms with Crippen LogP contribution in [0.1, 0.15) is 48.6 Å². The Morgan fingerprint density at radius 1 is 1.32 bits per heavy atom. The molecular weight excluding hydrogens is 256 g/mol. The molecule has 2 fully saturated rings. The first-order chi connectivity index (χ1) is 9.31. The highest BCUT2D eigenvalue weighted by molar-refractivity contribution is 7.10. The molecule has 4 rings (SSSR count). The van der Waals surface area contributed by atoms with E-state index >= 15 is 0 Å². The van der Waals surface area contributed by atoms with Gasteiger partial charge in [-0.05, 0) is 49.1 Å². The summed E-state index contributed by atoms with van der Waals surface area (Å²) in [6.45, 7) is 0.930. The molecule has 2 aliphatic carbocycles. The maximum Gasteiger partial charge on any atom is 0.224 e. The molecule has 3 nitrogen and oxygen atoms in total. The van der Waals surface area contributed by atoms with E-state index in [1.54, 1.807) is 4.88 Å². The summed E-state index contributed by atoms with van der Waals surface area (Å²) in [5, 5.41) is 5.96. The number of likely N-dealkylation sites (tertiary alicyclic amines) is 1. The van der Waals surface area contributed by atoms with Gasteiger partial charge in [-0.2, -0.15) is 0 Å². The standard InChI is InChI=1S/C15H20N2OS/c18-15-8-10(9-17(15)11-4-5-11)16-13-2-1-3-14-12(13)6-7-19-14/h6-7,10-11,13,16H,1-5,8-9H2/t10-,13+/m1/s1. The minimum absolute atomic E-state index is 0.362. The molecule has 1 amide bonds. The number of nitrogens with zero attached hydrogens (tertiary/aromatic N) is 1. The summed E-state index contributed by atoms with van der Waals surface area (Å²) in [5.41, 5.74) is 1.49. The van der Waals surface area contributed by atoms with E-state index in [0.29, 0.717) is 30.5 Å². The van der Waals surface area contributed by atoms with Gasteiger partial charge in [0.15, 0.2) is 0 Å². The highest BCUT2D eigenvalue weighted by atomic mass is 32.1. The van der Waals surface area contributed by atoms with Crippen LogP contribution in [0.25, 0.3) is 0 Å². The number of amides is 1. The fourth-order valence-corrected chi connectivity index (χ4v) is 4.51. The molecule has 2 heterocycles. The summed E-state index contributed by atoms with van der Waals surface area (Å²) in [6, 6.07) is 3.69. The van der Waals surface area contributed by atoms with Crippen molar-refractivity contribution >= 4 is 17.2 Å². The average molecular weight is 276 g/mol. The molecule has 3 aliphatic rings. The summed E-state index contributed by atoms with van der Waals surface area (Å²) < 4.78 is 0. The lowest BCUT2D eigenvalue weighted by molar-refractivity contribution is -0.128. The van der Waals surface area contributed by atoms with E-state index in [1.165, 1.54) is 37.7 Å². The van der Waals surface area contributed by atoms with Crippen molar-refractivity contribution < 1.29 is 4.79 Å². The van der Waals surface area contributed by atoms with Crippen molar-refractivity contribution in [3.8, 4) is 0 Å². The lowest BCUT2D eigenvalue weighted by atomic mass is 9.93. The lowest BCUT2D eigenvalue weighted by Gasteiger charge is -2.27. The zero-order valence-corrected chi connectivity index (χ0v) is 11.9. The van der Waals surface area contributed by atoms with E-state index in [2.05, 4.69) is 21.7 Å².